The van der Waals surface area contributed by atoms with Crippen molar-refractivity contribution in [1.82, 2.24) is 10.6 Å². The van der Waals surface area contributed by atoms with Crippen LogP contribution < -0.4 is 10.6 Å². The average molecular weight is 306 g/mol. The molecular formula is C12H22N2O7. The van der Waals surface area contributed by atoms with E-state index in [1.165, 1.54) is 14.2 Å². The van der Waals surface area contributed by atoms with Gasteiger partial charge in [-0.05, 0) is 12.8 Å². The summed E-state index contributed by atoms with van der Waals surface area (Å²) in [4.78, 5) is 32.9. The monoisotopic (exact) mass is 306 g/mol. The quantitative estimate of drug-likeness (QED) is 0.410. The highest BCUT2D eigenvalue weighted by molar-refractivity contribution is 5.82. The van der Waals surface area contributed by atoms with Crippen molar-refractivity contribution in [1.29, 1.82) is 0 Å². The van der Waals surface area contributed by atoms with E-state index in [2.05, 4.69) is 10.6 Å². The van der Waals surface area contributed by atoms with E-state index in [0.717, 1.165) is 0 Å². The molecule has 0 fully saturated rings. The summed E-state index contributed by atoms with van der Waals surface area (Å²) in [5.41, 5.74) is 0. The van der Waals surface area contributed by atoms with Crippen LogP contribution in [0, 0.1) is 0 Å². The summed E-state index contributed by atoms with van der Waals surface area (Å²) in [5.74, 6) is -2.22. The Morgan fingerprint density at radius 1 is 1.19 bits per heavy atom. The minimum atomic E-state index is -1.21. The maximum atomic E-state index is 11.6. The molecule has 2 amide bonds. The second-order valence-corrected chi connectivity index (χ2v) is 4.34. The minimum absolute atomic E-state index is 0.0425. The number of amides is 2. The summed E-state index contributed by atoms with van der Waals surface area (Å²) < 4.78 is 9.91. The van der Waals surface area contributed by atoms with E-state index >= 15 is 0 Å². The fourth-order valence-corrected chi connectivity index (χ4v) is 1.53. The van der Waals surface area contributed by atoms with Crippen LogP contribution in [0.25, 0.3) is 0 Å². The van der Waals surface area contributed by atoms with Gasteiger partial charge in [0, 0.05) is 27.2 Å². The number of rotatable bonds is 11. The third-order valence-electron chi connectivity index (χ3n) is 2.66. The third kappa shape index (κ3) is 9.63. The van der Waals surface area contributed by atoms with Crippen LogP contribution in [0.5, 0.6) is 0 Å². The number of carbonyl (C=O) groups excluding carboxylic acids is 1. The molecule has 0 bridgehead atoms. The van der Waals surface area contributed by atoms with Crippen LogP contribution in [0.1, 0.15) is 19.3 Å². The lowest BCUT2D eigenvalue weighted by Gasteiger charge is -2.18. The van der Waals surface area contributed by atoms with Gasteiger partial charge in [0.1, 0.15) is 6.04 Å². The SMILES string of the molecule is COCC(CNC(=O)N[C@H](CCCC(=O)O)C(=O)O)OC. The first kappa shape index (κ1) is 19.1. The molecule has 0 aromatic carbocycles. The lowest BCUT2D eigenvalue weighted by molar-refractivity contribution is -0.140. The van der Waals surface area contributed by atoms with Crippen LogP contribution in [0.4, 0.5) is 4.79 Å². The maximum Gasteiger partial charge on any atom is 0.326 e. The van der Waals surface area contributed by atoms with E-state index in [4.69, 9.17) is 19.7 Å². The molecule has 0 saturated carbocycles. The van der Waals surface area contributed by atoms with E-state index in [-0.39, 0.29) is 38.5 Å². The summed E-state index contributed by atoms with van der Waals surface area (Å²) in [5, 5.41) is 22.2. The lowest BCUT2D eigenvalue weighted by atomic mass is 10.1. The van der Waals surface area contributed by atoms with E-state index < -0.39 is 24.0 Å². The normalized spacial score (nSPS) is 13.2. The number of carboxylic acids is 2. The van der Waals surface area contributed by atoms with Crippen molar-refractivity contribution < 1.29 is 34.1 Å². The van der Waals surface area contributed by atoms with Crippen LogP contribution in [-0.2, 0) is 19.1 Å². The number of urea groups is 1. The van der Waals surface area contributed by atoms with Gasteiger partial charge in [0.15, 0.2) is 0 Å². The highest BCUT2D eigenvalue weighted by atomic mass is 16.5. The number of aliphatic carboxylic acids is 2. The molecule has 4 N–H and O–H groups in total. The van der Waals surface area contributed by atoms with Crippen LogP contribution >= 0.6 is 0 Å². The molecule has 2 atom stereocenters. The summed E-state index contributed by atoms with van der Waals surface area (Å²) in [7, 11) is 2.96. The summed E-state index contributed by atoms with van der Waals surface area (Å²) in [6.07, 6.45) is -0.277. The van der Waals surface area contributed by atoms with Gasteiger partial charge in [0.25, 0.3) is 0 Å². The highest BCUT2D eigenvalue weighted by Crippen LogP contribution is 2.01. The van der Waals surface area contributed by atoms with Gasteiger partial charge < -0.3 is 30.3 Å². The Labute approximate surface area is 122 Å². The Kier molecular flexibility index (Phi) is 9.90. The van der Waals surface area contributed by atoms with Gasteiger partial charge in [-0.15, -0.1) is 0 Å². The van der Waals surface area contributed by atoms with Crippen LogP contribution in [0.15, 0.2) is 0 Å². The molecule has 0 saturated heterocycles. The highest BCUT2D eigenvalue weighted by Gasteiger charge is 2.20. The van der Waals surface area contributed by atoms with Crippen LogP contribution in [0.2, 0.25) is 0 Å². The third-order valence-corrected chi connectivity index (χ3v) is 2.66. The molecule has 9 heteroatoms. The summed E-state index contributed by atoms with van der Waals surface area (Å²) in [6, 6.07) is -1.79. The largest absolute Gasteiger partial charge is 0.481 e. The predicted molar refractivity (Wildman–Crippen MR) is 72.1 cm³/mol. The summed E-state index contributed by atoms with van der Waals surface area (Å²) in [6.45, 7) is 0.454. The number of methoxy groups -OCH3 is 2. The number of hydrogen-bond donors (Lipinski definition) is 4. The molecule has 122 valence electrons. The van der Waals surface area contributed by atoms with Gasteiger partial charge in [-0.2, -0.15) is 0 Å². The van der Waals surface area contributed by atoms with Gasteiger partial charge in [0.2, 0.25) is 0 Å². The second-order valence-electron chi connectivity index (χ2n) is 4.34. The Morgan fingerprint density at radius 3 is 2.33 bits per heavy atom. The molecule has 0 aromatic rings. The molecule has 0 radical (unpaired) electrons. The van der Waals surface area contributed by atoms with Gasteiger partial charge in [-0.3, -0.25) is 4.79 Å². The number of hydrogen-bond acceptors (Lipinski definition) is 5. The van der Waals surface area contributed by atoms with Gasteiger partial charge in [-0.1, -0.05) is 0 Å². The molecule has 1 unspecified atom stereocenters. The predicted octanol–water partition coefficient (Wildman–Crippen LogP) is -0.345. The van der Waals surface area contributed by atoms with Gasteiger partial charge in [-0.25, -0.2) is 9.59 Å². The molecule has 0 aliphatic carbocycles. The first-order chi connectivity index (χ1) is 9.90. The van der Waals surface area contributed by atoms with Crippen molar-refractivity contribution in [2.75, 3.05) is 27.4 Å². The zero-order chi connectivity index (χ0) is 16.3. The first-order valence-electron chi connectivity index (χ1n) is 6.41. The number of carbonyl (C=O) groups is 3. The zero-order valence-corrected chi connectivity index (χ0v) is 12.1. The average Bonchev–Trinajstić information content (AvgIpc) is 2.41. The van der Waals surface area contributed by atoms with E-state index in [1.54, 1.807) is 0 Å². The fraction of sp³-hybridized carbons (Fsp3) is 0.750. The number of nitrogens with one attached hydrogen (secondary N) is 2. The van der Waals surface area contributed by atoms with Crippen molar-refractivity contribution in [2.45, 2.75) is 31.4 Å². The molecule has 0 aliphatic heterocycles. The maximum absolute atomic E-state index is 11.6. The fourth-order valence-electron chi connectivity index (χ4n) is 1.53. The Balaban J connectivity index is 4.16. The molecule has 9 nitrogen and oxygen atoms in total. The molecule has 0 rings (SSSR count). The summed E-state index contributed by atoms with van der Waals surface area (Å²) >= 11 is 0. The number of ether oxygens (including phenoxy) is 2. The Bertz CT molecular complexity index is 348. The van der Waals surface area contributed by atoms with E-state index in [1.807, 2.05) is 0 Å². The van der Waals surface area contributed by atoms with Crippen molar-refractivity contribution in [3.63, 3.8) is 0 Å². The molecule has 21 heavy (non-hydrogen) atoms. The van der Waals surface area contributed by atoms with E-state index in [9.17, 15) is 14.4 Å². The molecular weight excluding hydrogens is 284 g/mol. The van der Waals surface area contributed by atoms with Crippen molar-refractivity contribution >= 4 is 18.0 Å². The molecule has 0 heterocycles. The first-order valence-corrected chi connectivity index (χ1v) is 6.41. The molecule has 0 aliphatic rings. The zero-order valence-electron chi connectivity index (χ0n) is 12.1. The second kappa shape index (κ2) is 10.9. The lowest BCUT2D eigenvalue weighted by Crippen LogP contribution is -2.48. The van der Waals surface area contributed by atoms with Crippen molar-refractivity contribution in [2.24, 2.45) is 0 Å². The van der Waals surface area contributed by atoms with Crippen molar-refractivity contribution in [3.8, 4) is 0 Å². The van der Waals surface area contributed by atoms with Crippen molar-refractivity contribution in [3.05, 3.63) is 0 Å². The van der Waals surface area contributed by atoms with Gasteiger partial charge >= 0.3 is 18.0 Å². The van der Waals surface area contributed by atoms with Crippen LogP contribution in [-0.4, -0.2) is 67.7 Å². The Morgan fingerprint density at radius 2 is 1.86 bits per heavy atom. The topological polar surface area (TPSA) is 134 Å². The number of carboxylic acid groups (broad SMARTS) is 2. The molecule has 0 spiro atoms. The minimum Gasteiger partial charge on any atom is -0.481 e. The van der Waals surface area contributed by atoms with Gasteiger partial charge in [0.05, 0.1) is 12.7 Å². The van der Waals surface area contributed by atoms with E-state index in [0.29, 0.717) is 0 Å². The van der Waals surface area contributed by atoms with Crippen LogP contribution in [0.3, 0.4) is 0 Å². The Hall–Kier alpha value is -1.87. The standard InChI is InChI=1S/C12H22N2O7/c1-20-7-8(21-2)6-13-12(19)14-9(11(17)18)4-3-5-10(15)16/h8-9H,3-7H2,1-2H3,(H,15,16)(H,17,18)(H2,13,14,19)/t8?,9-/m1/s1. The smallest absolute Gasteiger partial charge is 0.326 e. The molecule has 0 aromatic heterocycles.